The van der Waals surface area contributed by atoms with Crippen molar-refractivity contribution in [2.24, 2.45) is 5.73 Å². The summed E-state index contributed by atoms with van der Waals surface area (Å²) >= 11 is 0. The van der Waals surface area contributed by atoms with Crippen LogP contribution in [0.4, 0.5) is 5.82 Å². The first kappa shape index (κ1) is 15.2. The summed E-state index contributed by atoms with van der Waals surface area (Å²) in [5.41, 5.74) is 8.51. The van der Waals surface area contributed by atoms with Gasteiger partial charge in [-0.3, -0.25) is 5.41 Å². The van der Waals surface area contributed by atoms with Gasteiger partial charge in [0.25, 0.3) is 0 Å². The molecule has 2 heterocycles. The Morgan fingerprint density at radius 2 is 2.04 bits per heavy atom. The van der Waals surface area contributed by atoms with E-state index in [1.807, 2.05) is 18.2 Å². The van der Waals surface area contributed by atoms with Crippen LogP contribution in [0.2, 0.25) is 0 Å². The van der Waals surface area contributed by atoms with Crippen LogP contribution in [-0.4, -0.2) is 36.5 Å². The van der Waals surface area contributed by atoms with Gasteiger partial charge in [-0.05, 0) is 37.5 Å². The van der Waals surface area contributed by atoms with E-state index in [2.05, 4.69) is 10.4 Å². The fraction of sp³-hybridized carbons (Fsp3) is 0.375. The number of nitrogens with two attached hydrogens (primary N) is 1. The minimum atomic E-state index is -0.0950. The Kier molecular flexibility index (Phi) is 4.10. The lowest BCUT2D eigenvalue weighted by atomic mass is 10.0. The molecule has 2 aromatic rings. The third-order valence-corrected chi connectivity index (χ3v) is 4.01. The predicted molar refractivity (Wildman–Crippen MR) is 89.5 cm³/mol. The molecule has 0 saturated carbocycles. The number of benzene rings is 1. The van der Waals surface area contributed by atoms with Crippen LogP contribution in [0.25, 0.3) is 11.3 Å². The lowest BCUT2D eigenvalue weighted by Crippen LogP contribution is -2.24. The molecule has 7 nitrogen and oxygen atoms in total. The van der Waals surface area contributed by atoms with E-state index in [-0.39, 0.29) is 5.96 Å². The molecule has 1 aromatic heterocycles. The number of methoxy groups -OCH3 is 2. The average Bonchev–Trinajstić information content (AvgIpc) is 2.76. The number of hydrogen-bond acceptors (Lipinski definition) is 5. The van der Waals surface area contributed by atoms with E-state index in [0.29, 0.717) is 11.5 Å². The summed E-state index contributed by atoms with van der Waals surface area (Å²) in [6.45, 7) is 0.858. The van der Waals surface area contributed by atoms with Crippen molar-refractivity contribution in [3.63, 3.8) is 0 Å². The monoisotopic (exact) mass is 315 g/mol. The summed E-state index contributed by atoms with van der Waals surface area (Å²) in [7, 11) is 3.22. The number of nitrogens with one attached hydrogen (secondary N) is 2. The number of rotatable bonds is 3. The first-order valence-corrected chi connectivity index (χ1v) is 7.58. The molecule has 1 aromatic carbocycles. The number of anilines is 1. The van der Waals surface area contributed by atoms with Crippen LogP contribution in [0.1, 0.15) is 18.4 Å². The highest BCUT2D eigenvalue weighted by Crippen LogP contribution is 2.36. The van der Waals surface area contributed by atoms with Gasteiger partial charge in [0.2, 0.25) is 5.96 Å². The highest BCUT2D eigenvalue weighted by molar-refractivity contribution is 5.84. The van der Waals surface area contributed by atoms with E-state index in [9.17, 15) is 0 Å². The number of hydrogen-bond donors (Lipinski definition) is 3. The van der Waals surface area contributed by atoms with Gasteiger partial charge in [-0.15, -0.1) is 0 Å². The van der Waals surface area contributed by atoms with E-state index in [1.165, 1.54) is 4.68 Å². The quantitative estimate of drug-likeness (QED) is 0.595. The Bertz CT molecular complexity index is 738. The molecule has 0 saturated heterocycles. The van der Waals surface area contributed by atoms with Crippen molar-refractivity contribution < 1.29 is 9.47 Å². The Balaban J connectivity index is 2.14. The van der Waals surface area contributed by atoms with Crippen LogP contribution in [0, 0.1) is 5.41 Å². The highest BCUT2D eigenvalue weighted by Gasteiger charge is 2.22. The molecular formula is C16H21N5O2. The molecule has 0 fully saturated rings. The molecule has 0 unspecified atom stereocenters. The topological polar surface area (TPSA) is 98.2 Å². The number of aromatic nitrogens is 2. The molecule has 7 heteroatoms. The maximum Gasteiger partial charge on any atom is 0.215 e. The maximum absolute atomic E-state index is 7.76. The number of fused-ring (bicyclic) bond motifs is 1. The molecule has 1 aliphatic heterocycles. The fourth-order valence-electron chi connectivity index (χ4n) is 2.89. The Morgan fingerprint density at radius 3 is 2.74 bits per heavy atom. The molecule has 0 radical (unpaired) electrons. The summed E-state index contributed by atoms with van der Waals surface area (Å²) < 4.78 is 12.1. The summed E-state index contributed by atoms with van der Waals surface area (Å²) in [4.78, 5) is 0. The zero-order valence-electron chi connectivity index (χ0n) is 13.3. The molecular weight excluding hydrogens is 294 g/mol. The van der Waals surface area contributed by atoms with Crippen molar-refractivity contribution in [3.8, 4) is 22.8 Å². The molecule has 0 aliphatic carbocycles. The Labute approximate surface area is 134 Å². The van der Waals surface area contributed by atoms with Gasteiger partial charge in [-0.25, -0.2) is 0 Å². The normalized spacial score (nSPS) is 13.7. The van der Waals surface area contributed by atoms with Crippen molar-refractivity contribution in [2.45, 2.75) is 19.3 Å². The van der Waals surface area contributed by atoms with Crippen molar-refractivity contribution in [2.75, 3.05) is 26.1 Å². The average molecular weight is 315 g/mol. The number of nitrogens with zero attached hydrogens (tertiary/aromatic N) is 2. The van der Waals surface area contributed by atoms with Crippen molar-refractivity contribution >= 4 is 11.8 Å². The first-order valence-electron chi connectivity index (χ1n) is 7.58. The number of nitrogen functional groups attached to an aromatic ring is 1. The third kappa shape index (κ3) is 2.69. The minimum Gasteiger partial charge on any atom is -0.493 e. The molecule has 0 atom stereocenters. The Morgan fingerprint density at radius 1 is 1.26 bits per heavy atom. The zero-order chi connectivity index (χ0) is 16.4. The van der Waals surface area contributed by atoms with Gasteiger partial charge in [0.15, 0.2) is 11.5 Å². The molecule has 122 valence electrons. The molecule has 0 amide bonds. The standard InChI is InChI=1S/C16H21N5O2/c1-22-12-7-6-10(9-13(12)23-2)14-11-5-3-4-8-19-15(11)21(20-14)16(17)18/h6-7,9,19H,3-5,8H2,1-2H3,(H3,17,18). The van der Waals surface area contributed by atoms with Gasteiger partial charge in [-0.1, -0.05) is 0 Å². The Hall–Kier alpha value is -2.70. The van der Waals surface area contributed by atoms with Crippen LogP contribution >= 0.6 is 0 Å². The highest BCUT2D eigenvalue weighted by atomic mass is 16.5. The van der Waals surface area contributed by atoms with Crippen molar-refractivity contribution in [1.29, 1.82) is 5.41 Å². The molecule has 23 heavy (non-hydrogen) atoms. The van der Waals surface area contributed by atoms with E-state index in [1.54, 1.807) is 14.2 Å². The third-order valence-electron chi connectivity index (χ3n) is 4.01. The lowest BCUT2D eigenvalue weighted by molar-refractivity contribution is 0.355. The molecule has 1 aliphatic rings. The van der Waals surface area contributed by atoms with Gasteiger partial charge >= 0.3 is 0 Å². The summed E-state index contributed by atoms with van der Waals surface area (Å²) in [5, 5.41) is 15.6. The van der Waals surface area contributed by atoms with Crippen LogP contribution in [0.3, 0.4) is 0 Å². The van der Waals surface area contributed by atoms with Crippen molar-refractivity contribution in [1.82, 2.24) is 9.78 Å². The maximum atomic E-state index is 7.76. The molecule has 0 spiro atoms. The fourth-order valence-corrected chi connectivity index (χ4v) is 2.89. The minimum absolute atomic E-state index is 0.0950. The number of ether oxygens (including phenoxy) is 2. The summed E-state index contributed by atoms with van der Waals surface area (Å²) in [6, 6.07) is 5.70. The second kappa shape index (κ2) is 6.20. The molecule has 4 N–H and O–H groups in total. The lowest BCUT2D eigenvalue weighted by Gasteiger charge is -2.09. The van der Waals surface area contributed by atoms with Gasteiger partial charge in [0.1, 0.15) is 5.82 Å². The SMILES string of the molecule is COc1ccc(-c2nn(C(=N)N)c3c2CCCCN3)cc1OC. The predicted octanol–water partition coefficient (Wildman–Crippen LogP) is 2.06. The van der Waals surface area contributed by atoms with Gasteiger partial charge in [-0.2, -0.15) is 9.78 Å². The molecule has 3 rings (SSSR count). The van der Waals surface area contributed by atoms with E-state index < -0.39 is 0 Å². The molecule has 0 bridgehead atoms. The largest absolute Gasteiger partial charge is 0.493 e. The van der Waals surface area contributed by atoms with Crippen LogP contribution in [-0.2, 0) is 6.42 Å². The van der Waals surface area contributed by atoms with E-state index >= 15 is 0 Å². The van der Waals surface area contributed by atoms with Gasteiger partial charge < -0.3 is 20.5 Å². The first-order chi connectivity index (χ1) is 11.2. The van der Waals surface area contributed by atoms with Crippen LogP contribution in [0.5, 0.6) is 11.5 Å². The summed E-state index contributed by atoms with van der Waals surface area (Å²) in [5.74, 6) is 2.05. The second-order valence-corrected chi connectivity index (χ2v) is 5.43. The van der Waals surface area contributed by atoms with Crippen LogP contribution < -0.4 is 20.5 Å². The second-order valence-electron chi connectivity index (χ2n) is 5.43. The van der Waals surface area contributed by atoms with Gasteiger partial charge in [0, 0.05) is 17.7 Å². The van der Waals surface area contributed by atoms with E-state index in [0.717, 1.165) is 48.4 Å². The van der Waals surface area contributed by atoms with E-state index in [4.69, 9.17) is 20.6 Å². The smallest absolute Gasteiger partial charge is 0.215 e. The van der Waals surface area contributed by atoms with Gasteiger partial charge in [0.05, 0.1) is 19.9 Å². The summed E-state index contributed by atoms with van der Waals surface area (Å²) in [6.07, 6.45) is 3.06. The van der Waals surface area contributed by atoms with Crippen LogP contribution in [0.15, 0.2) is 18.2 Å². The van der Waals surface area contributed by atoms with Crippen molar-refractivity contribution in [3.05, 3.63) is 23.8 Å². The zero-order valence-corrected chi connectivity index (χ0v) is 13.3.